The zero-order valence-electron chi connectivity index (χ0n) is 34.0. The van der Waals surface area contributed by atoms with Crippen LogP contribution in [0.2, 0.25) is 0 Å². The van der Waals surface area contributed by atoms with E-state index < -0.39 is 55.0 Å². The fourth-order valence-electron chi connectivity index (χ4n) is 5.92. The molecule has 9 N–H and O–H groups in total. The predicted molar refractivity (Wildman–Crippen MR) is 209 cm³/mol. The number of carbonyl (C=O) groups excluding carboxylic acids is 2. The van der Waals surface area contributed by atoms with Crippen molar-refractivity contribution in [1.29, 1.82) is 0 Å². The third kappa shape index (κ3) is 30.8. The summed E-state index contributed by atoms with van der Waals surface area (Å²) in [5.74, 6) is -9.24. The second-order valence-electron chi connectivity index (χ2n) is 14.8. The molecule has 2 atom stereocenters. The van der Waals surface area contributed by atoms with Crippen molar-refractivity contribution >= 4 is 11.9 Å². The van der Waals surface area contributed by atoms with E-state index in [1.807, 2.05) is 0 Å². The molecule has 0 amide bonds. The van der Waals surface area contributed by atoms with E-state index in [1.54, 1.807) is 0 Å². The Hall–Kier alpha value is -1.42. The van der Waals surface area contributed by atoms with Gasteiger partial charge in [0.15, 0.2) is 0 Å². The summed E-state index contributed by atoms with van der Waals surface area (Å²) in [5, 5.41) is 84.6. The molecule has 0 saturated heterocycles. The van der Waals surface area contributed by atoms with Crippen molar-refractivity contribution in [2.45, 2.75) is 224 Å². The molecule has 0 radical (unpaired) electrons. The Morgan fingerprint density at radius 3 is 0.852 bits per heavy atom. The van der Waals surface area contributed by atoms with Crippen molar-refractivity contribution in [2.75, 3.05) is 26.4 Å². The Morgan fingerprint density at radius 2 is 0.648 bits per heavy atom. The van der Waals surface area contributed by atoms with Gasteiger partial charge in [-0.25, -0.2) is 9.59 Å². The Balaban J connectivity index is 0. The molecule has 0 spiro atoms. The second kappa shape index (κ2) is 37.2. The summed E-state index contributed by atoms with van der Waals surface area (Å²) in [6.45, 7) is 2.50. The maximum Gasteiger partial charge on any atom is 0.369 e. The van der Waals surface area contributed by atoms with E-state index in [9.17, 15) is 40.2 Å². The van der Waals surface area contributed by atoms with Gasteiger partial charge in [-0.3, -0.25) is 0 Å². The average molecular weight is 783 g/mol. The van der Waals surface area contributed by atoms with Gasteiger partial charge in [0.25, 0.3) is 11.6 Å². The largest absolute Gasteiger partial charge is 0.458 e. The topological polar surface area (TPSA) is 235 Å². The van der Waals surface area contributed by atoms with E-state index in [0.717, 1.165) is 51.4 Å². The normalized spacial score (nSPS) is 13.0. The van der Waals surface area contributed by atoms with Crippen molar-refractivity contribution < 1.29 is 65.0 Å². The molecule has 0 aliphatic heterocycles. The fraction of sp³-hybridized carbons (Fsp3) is 0.951. The molecule has 324 valence electrons. The van der Waals surface area contributed by atoms with Crippen LogP contribution < -0.4 is 0 Å². The van der Waals surface area contributed by atoms with E-state index in [0.29, 0.717) is 12.8 Å². The van der Waals surface area contributed by atoms with Gasteiger partial charge in [0.2, 0.25) is 0 Å². The fourth-order valence-corrected chi connectivity index (χ4v) is 5.92. The highest BCUT2D eigenvalue weighted by molar-refractivity contribution is 5.78. The maximum absolute atomic E-state index is 12.1. The number of aliphatic hydroxyl groups excluding tert-OH is 5. The van der Waals surface area contributed by atoms with Gasteiger partial charge in [-0.2, -0.15) is 0 Å². The molecular formula is C41H82O13. The summed E-state index contributed by atoms with van der Waals surface area (Å²) >= 11 is 0. The molecule has 0 aliphatic rings. The van der Waals surface area contributed by atoms with Crippen molar-refractivity contribution in [2.24, 2.45) is 0 Å². The minimum Gasteiger partial charge on any atom is -0.458 e. The molecule has 0 rings (SSSR count). The smallest absolute Gasteiger partial charge is 0.369 e. The van der Waals surface area contributed by atoms with Gasteiger partial charge in [-0.15, -0.1) is 0 Å². The maximum atomic E-state index is 12.1. The number of unbranched alkanes of at least 4 members (excludes halogenated alkanes) is 24. The summed E-state index contributed by atoms with van der Waals surface area (Å²) in [4.78, 5) is 24.3. The van der Waals surface area contributed by atoms with Crippen LogP contribution in [0.1, 0.15) is 194 Å². The van der Waals surface area contributed by atoms with Crippen LogP contribution in [-0.2, 0) is 19.1 Å². The van der Waals surface area contributed by atoms with Crippen LogP contribution in [0.3, 0.4) is 0 Å². The molecule has 0 fully saturated rings. The van der Waals surface area contributed by atoms with E-state index in [-0.39, 0.29) is 26.1 Å². The second-order valence-corrected chi connectivity index (χ2v) is 14.8. The van der Waals surface area contributed by atoms with E-state index in [2.05, 4.69) is 13.8 Å². The summed E-state index contributed by atoms with van der Waals surface area (Å²) in [7, 11) is 0. The predicted octanol–water partition coefficient (Wildman–Crippen LogP) is 5.45. The molecule has 2 unspecified atom stereocenters. The summed E-state index contributed by atoms with van der Waals surface area (Å²) < 4.78 is 9.44. The molecular weight excluding hydrogens is 700 g/mol. The van der Waals surface area contributed by atoms with Gasteiger partial charge < -0.3 is 55.4 Å². The highest BCUT2D eigenvalue weighted by Gasteiger charge is 2.44. The number of carbonyl (C=O) groups is 2. The van der Waals surface area contributed by atoms with Gasteiger partial charge in [0, 0.05) is 0 Å². The van der Waals surface area contributed by atoms with Crippen molar-refractivity contribution in [3.63, 3.8) is 0 Å². The number of esters is 2. The Bertz CT molecular complexity index is 774. The lowest BCUT2D eigenvalue weighted by molar-refractivity contribution is -0.247. The minimum atomic E-state index is -3.12. The lowest BCUT2D eigenvalue weighted by Crippen LogP contribution is -2.51. The number of ether oxygens (including phenoxy) is 2. The van der Waals surface area contributed by atoms with Crippen LogP contribution in [0, 0.1) is 0 Å². The SMILES string of the molecule is CCCCCCCCCCCCCCCC(O)C(O)(O)C(=O)OCCOC(=O)C(O)(O)C(O)CCCCCCCCCCCCCCC.OCC(O)CO. The molecule has 0 aromatic heterocycles. The van der Waals surface area contributed by atoms with Crippen LogP contribution in [0.5, 0.6) is 0 Å². The molecule has 0 heterocycles. The quantitative estimate of drug-likeness (QED) is 0.0217. The summed E-state index contributed by atoms with van der Waals surface area (Å²) in [5.41, 5.74) is 0. The molecule has 13 heteroatoms. The number of aliphatic hydroxyl groups is 9. The van der Waals surface area contributed by atoms with Crippen LogP contribution in [0.4, 0.5) is 0 Å². The molecule has 0 aromatic carbocycles. The first-order valence-corrected chi connectivity index (χ1v) is 21.3. The minimum absolute atomic E-state index is 0.00351. The van der Waals surface area contributed by atoms with Gasteiger partial charge in [0.1, 0.15) is 31.5 Å². The highest BCUT2D eigenvalue weighted by Crippen LogP contribution is 2.20. The molecule has 0 bridgehead atoms. The van der Waals surface area contributed by atoms with Gasteiger partial charge >= 0.3 is 11.9 Å². The zero-order valence-corrected chi connectivity index (χ0v) is 34.0. The van der Waals surface area contributed by atoms with E-state index in [4.69, 9.17) is 24.8 Å². The molecule has 54 heavy (non-hydrogen) atoms. The van der Waals surface area contributed by atoms with Crippen LogP contribution in [0.25, 0.3) is 0 Å². The van der Waals surface area contributed by atoms with Gasteiger partial charge in [-0.1, -0.05) is 181 Å². The zero-order chi connectivity index (χ0) is 40.9. The molecule has 0 aliphatic carbocycles. The molecule has 0 aromatic rings. The lowest BCUT2D eigenvalue weighted by atomic mass is 10.0. The Labute approximate surface area is 326 Å². The van der Waals surface area contributed by atoms with Gasteiger partial charge in [0.05, 0.1) is 13.2 Å². The third-order valence-electron chi connectivity index (χ3n) is 9.66. The summed E-state index contributed by atoms with van der Waals surface area (Å²) in [6.07, 6.45) is 25.2. The number of hydrogen-bond acceptors (Lipinski definition) is 13. The van der Waals surface area contributed by atoms with Crippen LogP contribution in [0.15, 0.2) is 0 Å². The first kappa shape index (κ1) is 54.7. The summed E-state index contributed by atoms with van der Waals surface area (Å²) in [6, 6.07) is 0. The average Bonchev–Trinajstić information content (AvgIpc) is 3.16. The highest BCUT2D eigenvalue weighted by atomic mass is 16.6. The van der Waals surface area contributed by atoms with Crippen molar-refractivity contribution in [1.82, 2.24) is 0 Å². The van der Waals surface area contributed by atoms with E-state index >= 15 is 0 Å². The van der Waals surface area contributed by atoms with Crippen LogP contribution in [-0.4, -0.2) is 114 Å². The molecule has 0 saturated carbocycles. The molecule has 13 nitrogen and oxygen atoms in total. The Morgan fingerprint density at radius 1 is 0.426 bits per heavy atom. The standard InChI is InChI=1S/C38H74O10.C3H8O3/c1-3-5-7-9-11-13-15-17-19-21-23-25-27-29-33(39)37(43,44)35(41)47-31-32-48-36(42)38(45,46)34(40)30-28-26-24-22-20-18-16-14-12-10-8-6-4-2;4-1-3(6)2-5/h33-34,39-40,43-46H,3-32H2,1-2H3;3-6H,1-2H2. The number of rotatable bonds is 37. The van der Waals surface area contributed by atoms with Crippen molar-refractivity contribution in [3.05, 3.63) is 0 Å². The Kier molecular flexibility index (Phi) is 37.6. The lowest BCUT2D eigenvalue weighted by Gasteiger charge is -2.26. The number of hydrogen-bond donors (Lipinski definition) is 9. The van der Waals surface area contributed by atoms with Crippen molar-refractivity contribution in [3.8, 4) is 0 Å². The first-order valence-electron chi connectivity index (χ1n) is 21.3. The third-order valence-corrected chi connectivity index (χ3v) is 9.66. The van der Waals surface area contributed by atoms with Crippen LogP contribution >= 0.6 is 0 Å². The monoisotopic (exact) mass is 783 g/mol. The van der Waals surface area contributed by atoms with Gasteiger partial charge in [-0.05, 0) is 12.8 Å². The first-order chi connectivity index (χ1) is 25.8. The van der Waals surface area contributed by atoms with E-state index in [1.165, 1.54) is 103 Å².